The molecule has 0 spiro atoms. The molecule has 0 aromatic carbocycles. The van der Waals surface area contributed by atoms with E-state index in [4.69, 9.17) is 4.74 Å². The number of unbranched alkanes of at least 4 members (excludes halogenated alkanes) is 2. The maximum Gasteiger partial charge on any atom is 0.0462 e. The van der Waals surface area contributed by atoms with Gasteiger partial charge < -0.3 is 9.64 Å². The minimum Gasteiger partial charge on any atom is -0.385 e. The molecule has 0 heterocycles. The van der Waals surface area contributed by atoms with Crippen molar-refractivity contribution in [2.45, 2.75) is 32.6 Å². The first-order chi connectivity index (χ1) is 5.81. The Hall–Kier alpha value is -0.0800. The molecule has 0 aromatic heterocycles. The van der Waals surface area contributed by atoms with Crippen molar-refractivity contribution in [2.75, 3.05) is 33.9 Å². The van der Waals surface area contributed by atoms with E-state index in [0.29, 0.717) is 0 Å². The van der Waals surface area contributed by atoms with Crippen LogP contribution in [0.4, 0.5) is 0 Å². The van der Waals surface area contributed by atoms with Crippen molar-refractivity contribution in [3.63, 3.8) is 0 Å². The second-order valence-corrected chi connectivity index (χ2v) is 3.36. The van der Waals surface area contributed by atoms with Crippen LogP contribution in [-0.4, -0.2) is 38.8 Å². The number of hydrogen-bond donors (Lipinski definition) is 0. The van der Waals surface area contributed by atoms with E-state index in [1.54, 1.807) is 7.11 Å². The van der Waals surface area contributed by atoms with Crippen molar-refractivity contribution in [1.82, 2.24) is 4.90 Å². The summed E-state index contributed by atoms with van der Waals surface area (Å²) in [5.74, 6) is 0. The molecule has 12 heavy (non-hydrogen) atoms. The summed E-state index contributed by atoms with van der Waals surface area (Å²) in [7, 11) is 3.96. The van der Waals surface area contributed by atoms with Gasteiger partial charge in [0.25, 0.3) is 0 Å². The molecule has 0 bridgehead atoms. The van der Waals surface area contributed by atoms with Gasteiger partial charge in [0.15, 0.2) is 0 Å². The molecule has 0 radical (unpaired) electrons. The van der Waals surface area contributed by atoms with Crippen LogP contribution in [0.25, 0.3) is 0 Å². The van der Waals surface area contributed by atoms with E-state index in [1.165, 1.54) is 38.8 Å². The Labute approximate surface area is 76.9 Å². The van der Waals surface area contributed by atoms with Gasteiger partial charge in [-0.25, -0.2) is 0 Å². The first kappa shape index (κ1) is 11.9. The van der Waals surface area contributed by atoms with E-state index in [9.17, 15) is 0 Å². The van der Waals surface area contributed by atoms with Gasteiger partial charge in [-0.3, -0.25) is 0 Å². The molecular formula is C10H23NO. The minimum atomic E-state index is 0.904. The standard InChI is InChI=1S/C10H23NO/c1-4-5-8-11(2)9-6-7-10-12-3/h4-10H2,1-3H3. The van der Waals surface area contributed by atoms with Gasteiger partial charge in [-0.15, -0.1) is 0 Å². The fourth-order valence-electron chi connectivity index (χ4n) is 1.17. The van der Waals surface area contributed by atoms with Crippen molar-refractivity contribution >= 4 is 0 Å². The first-order valence-corrected chi connectivity index (χ1v) is 4.98. The third-order valence-electron chi connectivity index (χ3n) is 2.03. The van der Waals surface area contributed by atoms with Crippen LogP contribution >= 0.6 is 0 Å². The fourth-order valence-corrected chi connectivity index (χ4v) is 1.17. The molecule has 0 amide bonds. The number of methoxy groups -OCH3 is 1. The molecule has 2 heteroatoms. The highest BCUT2D eigenvalue weighted by Crippen LogP contribution is 1.95. The predicted octanol–water partition coefficient (Wildman–Crippen LogP) is 2.14. The molecule has 74 valence electrons. The maximum absolute atomic E-state index is 4.99. The Morgan fingerprint density at radius 2 is 1.75 bits per heavy atom. The number of ether oxygens (including phenoxy) is 1. The molecule has 0 aliphatic rings. The third-order valence-corrected chi connectivity index (χ3v) is 2.03. The zero-order valence-corrected chi connectivity index (χ0v) is 8.81. The van der Waals surface area contributed by atoms with Gasteiger partial charge in [0.1, 0.15) is 0 Å². The average Bonchev–Trinajstić information content (AvgIpc) is 2.09. The molecule has 0 atom stereocenters. The van der Waals surface area contributed by atoms with Gasteiger partial charge in [0, 0.05) is 13.7 Å². The Balaban J connectivity index is 3.02. The second-order valence-electron chi connectivity index (χ2n) is 3.36. The fraction of sp³-hybridized carbons (Fsp3) is 1.00. The number of hydrogen-bond acceptors (Lipinski definition) is 2. The molecular weight excluding hydrogens is 150 g/mol. The largest absolute Gasteiger partial charge is 0.385 e. The van der Waals surface area contributed by atoms with E-state index in [0.717, 1.165) is 6.61 Å². The topological polar surface area (TPSA) is 12.5 Å². The van der Waals surface area contributed by atoms with E-state index < -0.39 is 0 Å². The zero-order chi connectivity index (χ0) is 9.23. The van der Waals surface area contributed by atoms with Crippen LogP contribution in [0.2, 0.25) is 0 Å². The van der Waals surface area contributed by atoms with Gasteiger partial charge in [0.2, 0.25) is 0 Å². The monoisotopic (exact) mass is 173 g/mol. The zero-order valence-electron chi connectivity index (χ0n) is 8.81. The molecule has 0 aliphatic heterocycles. The van der Waals surface area contributed by atoms with Crippen molar-refractivity contribution in [3.8, 4) is 0 Å². The van der Waals surface area contributed by atoms with Crippen molar-refractivity contribution in [3.05, 3.63) is 0 Å². The van der Waals surface area contributed by atoms with Gasteiger partial charge in [-0.2, -0.15) is 0 Å². The molecule has 0 N–H and O–H groups in total. The lowest BCUT2D eigenvalue weighted by molar-refractivity contribution is 0.187. The van der Waals surface area contributed by atoms with Crippen molar-refractivity contribution in [1.29, 1.82) is 0 Å². The van der Waals surface area contributed by atoms with Crippen LogP contribution in [0.1, 0.15) is 32.6 Å². The minimum absolute atomic E-state index is 0.904. The van der Waals surface area contributed by atoms with Gasteiger partial charge in [-0.05, 0) is 39.4 Å². The Kier molecular flexibility index (Phi) is 8.95. The van der Waals surface area contributed by atoms with E-state index in [-0.39, 0.29) is 0 Å². The average molecular weight is 173 g/mol. The molecule has 0 rings (SSSR count). The molecule has 0 saturated carbocycles. The summed E-state index contributed by atoms with van der Waals surface area (Å²) in [5, 5.41) is 0. The normalized spacial score (nSPS) is 11.0. The van der Waals surface area contributed by atoms with Crippen LogP contribution in [0.3, 0.4) is 0 Å². The molecule has 0 fully saturated rings. The highest BCUT2D eigenvalue weighted by molar-refractivity contribution is 4.51. The van der Waals surface area contributed by atoms with E-state index >= 15 is 0 Å². The molecule has 2 nitrogen and oxygen atoms in total. The summed E-state index contributed by atoms with van der Waals surface area (Å²) in [6.07, 6.45) is 5.06. The molecule has 0 unspecified atom stereocenters. The van der Waals surface area contributed by atoms with Crippen molar-refractivity contribution in [2.24, 2.45) is 0 Å². The Morgan fingerprint density at radius 3 is 2.33 bits per heavy atom. The summed E-state index contributed by atoms with van der Waals surface area (Å²) < 4.78 is 4.99. The summed E-state index contributed by atoms with van der Waals surface area (Å²) in [6.45, 7) is 5.59. The lowest BCUT2D eigenvalue weighted by Gasteiger charge is -2.15. The maximum atomic E-state index is 4.99. The van der Waals surface area contributed by atoms with Crippen molar-refractivity contribution < 1.29 is 4.74 Å². The Morgan fingerprint density at radius 1 is 1.08 bits per heavy atom. The SMILES string of the molecule is CCCCN(C)CCCCOC. The number of nitrogens with zero attached hydrogens (tertiary/aromatic N) is 1. The van der Waals surface area contributed by atoms with Crippen LogP contribution in [-0.2, 0) is 4.74 Å². The summed E-state index contributed by atoms with van der Waals surface area (Å²) in [5.41, 5.74) is 0. The summed E-state index contributed by atoms with van der Waals surface area (Å²) in [6, 6.07) is 0. The van der Waals surface area contributed by atoms with Crippen LogP contribution in [0.15, 0.2) is 0 Å². The molecule has 0 aromatic rings. The first-order valence-electron chi connectivity index (χ1n) is 4.98. The van der Waals surface area contributed by atoms with Crippen LogP contribution in [0, 0.1) is 0 Å². The second kappa shape index (κ2) is 9.01. The van der Waals surface area contributed by atoms with Gasteiger partial charge in [0.05, 0.1) is 0 Å². The van der Waals surface area contributed by atoms with E-state index in [1.807, 2.05) is 0 Å². The summed E-state index contributed by atoms with van der Waals surface area (Å²) >= 11 is 0. The quantitative estimate of drug-likeness (QED) is 0.521. The van der Waals surface area contributed by atoms with Gasteiger partial charge in [-0.1, -0.05) is 13.3 Å². The lowest BCUT2D eigenvalue weighted by Crippen LogP contribution is -2.20. The molecule has 0 aliphatic carbocycles. The van der Waals surface area contributed by atoms with Crippen LogP contribution < -0.4 is 0 Å². The molecule has 0 saturated heterocycles. The van der Waals surface area contributed by atoms with Crippen LogP contribution in [0.5, 0.6) is 0 Å². The lowest BCUT2D eigenvalue weighted by atomic mass is 10.3. The Bertz CT molecular complexity index is 85.9. The highest BCUT2D eigenvalue weighted by Gasteiger charge is 1.95. The smallest absolute Gasteiger partial charge is 0.0462 e. The van der Waals surface area contributed by atoms with E-state index in [2.05, 4.69) is 18.9 Å². The predicted molar refractivity (Wildman–Crippen MR) is 53.5 cm³/mol. The highest BCUT2D eigenvalue weighted by atomic mass is 16.5. The third kappa shape index (κ3) is 8.02. The van der Waals surface area contributed by atoms with Gasteiger partial charge >= 0.3 is 0 Å². The number of rotatable bonds is 8. The summed E-state index contributed by atoms with van der Waals surface area (Å²) in [4.78, 5) is 2.40.